The van der Waals surface area contributed by atoms with Crippen molar-refractivity contribution in [1.82, 2.24) is 0 Å². The van der Waals surface area contributed by atoms with Crippen molar-refractivity contribution in [2.75, 3.05) is 32.5 Å². The van der Waals surface area contributed by atoms with E-state index in [-0.39, 0.29) is 27.8 Å². The van der Waals surface area contributed by atoms with Gasteiger partial charge in [-0.25, -0.2) is 9.59 Å². The van der Waals surface area contributed by atoms with Crippen LogP contribution in [0, 0.1) is 0 Å². The van der Waals surface area contributed by atoms with E-state index in [1.165, 1.54) is 0 Å². The molecule has 0 saturated heterocycles. The Hall–Kier alpha value is -6.82. The van der Waals surface area contributed by atoms with Crippen LogP contribution < -0.4 is 21.9 Å². The Balaban J connectivity index is 0.000000511. The summed E-state index contributed by atoms with van der Waals surface area (Å²) in [6, 6.07) is -0.312. The summed E-state index contributed by atoms with van der Waals surface area (Å²) in [4.78, 5) is 36.6. The molecule has 0 heterocycles. The summed E-state index contributed by atoms with van der Waals surface area (Å²) in [5.74, 6) is -1.80. The maximum Gasteiger partial charge on any atom is 0.416 e. The van der Waals surface area contributed by atoms with E-state index in [2.05, 4.69) is 9.47 Å². The van der Waals surface area contributed by atoms with Crippen LogP contribution >= 0.6 is 0 Å². The molecule has 0 saturated carbocycles. The molecule has 0 bridgehead atoms. The molecule has 0 aliphatic heterocycles. The fourth-order valence-electron chi connectivity index (χ4n) is 7.91. The molecule has 31 heteroatoms. The molecule has 430 valence electrons. The molecule has 79 heavy (non-hydrogen) atoms. The SMILES string of the molecule is COC(=O)C(C(=O)OC)=C(C[S+](C)C)C(=O)c1ccccc1.FC(F)(F)c1cc([B-](c2cc(C(F)(F)F)cc(C(F)(F)F)c2)(c2cc(C(F)(F)F)cc(C(F)(F)F)c2)c2cc(C(F)(F)F)cc(C(F)(F)F)c2)cc(C(F)(F)F)c1. The number of hydrogen-bond acceptors (Lipinski definition) is 5. The molecule has 0 aromatic heterocycles. The summed E-state index contributed by atoms with van der Waals surface area (Å²) in [6.07, 6.45) is -51.0. The van der Waals surface area contributed by atoms with Crippen LogP contribution in [-0.2, 0) is 79.4 Å². The Morgan fingerprint density at radius 2 is 0.595 bits per heavy atom. The minimum absolute atomic E-state index is 0.123. The summed E-state index contributed by atoms with van der Waals surface area (Å²) in [6.45, 7) is 0. The molecule has 5 aromatic carbocycles. The Morgan fingerprint density at radius 1 is 0.380 bits per heavy atom. The quantitative estimate of drug-likeness (QED) is 0.0204. The van der Waals surface area contributed by atoms with Crippen molar-refractivity contribution >= 4 is 56.6 Å². The third-order valence-electron chi connectivity index (χ3n) is 11.3. The number of carbonyl (C=O) groups is 3. The van der Waals surface area contributed by atoms with Crippen LogP contribution in [0.1, 0.15) is 54.9 Å². The fourth-order valence-corrected chi connectivity index (χ4v) is 8.76. The van der Waals surface area contributed by atoms with Gasteiger partial charge in [0, 0.05) is 5.56 Å². The lowest BCUT2D eigenvalue weighted by Gasteiger charge is -2.46. The molecular weight excluding hydrogens is 1160 g/mol. The van der Waals surface area contributed by atoms with E-state index in [4.69, 9.17) is 0 Å². The smallest absolute Gasteiger partial charge is 0.416 e. The van der Waals surface area contributed by atoms with Gasteiger partial charge in [0.2, 0.25) is 0 Å². The van der Waals surface area contributed by atoms with Crippen LogP contribution in [-0.4, -0.2) is 56.4 Å². The zero-order valence-corrected chi connectivity index (χ0v) is 40.4. The number of hydrogen-bond donors (Lipinski definition) is 0. The number of Topliss-reactive ketones (excluding diaryl/α,β-unsaturated/α-hetero) is 1. The van der Waals surface area contributed by atoms with Crippen LogP contribution in [0.5, 0.6) is 0 Å². The van der Waals surface area contributed by atoms with Crippen molar-refractivity contribution in [3.8, 4) is 0 Å². The first-order valence-electron chi connectivity index (χ1n) is 21.1. The molecule has 0 spiro atoms. The molecule has 0 atom stereocenters. The standard InChI is InChI=1S/C32H12BF24.C16H19O5S/c34-25(35,36)13-1-14(26(37,38)39)6-21(5-13)33(22-7-15(27(40,41)42)2-16(8-22)28(43,44)45,23-9-17(29(46,47)48)3-18(10-23)30(49,50)51)24-11-19(31(52,53)54)4-20(12-24)32(55,56)57;1-20-15(18)13(16(19)21-2)12(10-22(3)4)14(17)11-8-6-5-7-9-11/h1-12H;5-9H,10H2,1-4H3/q-1;+1. The third-order valence-corrected chi connectivity index (χ3v) is 12.1. The monoisotopic (exact) mass is 1190 g/mol. The molecule has 0 unspecified atom stereocenters. The van der Waals surface area contributed by atoms with Crippen LogP contribution in [0.3, 0.4) is 0 Å². The second-order valence-corrected chi connectivity index (χ2v) is 19.1. The Bertz CT molecular complexity index is 2630. The molecule has 0 radical (unpaired) electrons. The van der Waals surface area contributed by atoms with Gasteiger partial charge in [-0.05, 0) is 35.2 Å². The first kappa shape index (κ1) is 64.7. The van der Waals surface area contributed by atoms with Crippen LogP contribution in [0.2, 0.25) is 0 Å². The lowest BCUT2D eigenvalue weighted by molar-refractivity contribution is -0.145. The summed E-state index contributed by atoms with van der Waals surface area (Å²) in [5, 5.41) is 0. The Morgan fingerprint density at radius 3 is 0.772 bits per heavy atom. The van der Waals surface area contributed by atoms with Gasteiger partial charge >= 0.3 is 61.3 Å². The number of esters is 2. The van der Waals surface area contributed by atoms with Gasteiger partial charge in [-0.3, -0.25) is 4.79 Å². The van der Waals surface area contributed by atoms with E-state index >= 15 is 0 Å². The molecule has 0 fully saturated rings. The van der Waals surface area contributed by atoms with Crippen LogP contribution in [0.15, 0.2) is 114 Å². The van der Waals surface area contributed by atoms with Gasteiger partial charge in [0.15, 0.2) is 11.4 Å². The number of ketones is 1. The number of ether oxygens (including phenoxy) is 2. The van der Waals surface area contributed by atoms with E-state index < -0.39 is 207 Å². The number of benzene rings is 5. The van der Waals surface area contributed by atoms with Crippen LogP contribution in [0.25, 0.3) is 0 Å². The van der Waals surface area contributed by atoms with Crippen molar-refractivity contribution in [2.45, 2.75) is 49.4 Å². The first-order chi connectivity index (χ1) is 35.7. The average Bonchev–Trinajstić information content (AvgIpc) is 3.31. The maximum absolute atomic E-state index is 14.2. The average molecular weight is 1190 g/mol. The molecular formula is C48H31BF24O5S. The summed E-state index contributed by atoms with van der Waals surface area (Å²) in [7, 11) is 2.13. The Kier molecular flexibility index (Phi) is 18.6. The minimum Gasteiger partial charge on any atom is -0.465 e. The fraction of sp³-hybridized carbons (Fsp3) is 0.271. The van der Waals surface area contributed by atoms with Gasteiger partial charge in [0.1, 0.15) is 11.9 Å². The number of methoxy groups -OCH3 is 2. The zero-order valence-electron chi connectivity index (χ0n) is 39.6. The summed E-state index contributed by atoms with van der Waals surface area (Å²) >= 11 is 0. The molecule has 0 N–H and O–H groups in total. The predicted octanol–water partition coefficient (Wildman–Crippen LogP) is 12.6. The lowest BCUT2D eigenvalue weighted by Crippen LogP contribution is -2.75. The molecule has 0 amide bonds. The van der Waals surface area contributed by atoms with Crippen molar-refractivity contribution in [1.29, 1.82) is 0 Å². The minimum atomic E-state index is -6.13. The first-order valence-corrected chi connectivity index (χ1v) is 23.3. The summed E-state index contributed by atoms with van der Waals surface area (Å²) < 4.78 is 350. The van der Waals surface area contributed by atoms with E-state index in [1.54, 1.807) is 30.3 Å². The highest BCUT2D eigenvalue weighted by molar-refractivity contribution is 7.95. The molecule has 5 rings (SSSR count). The van der Waals surface area contributed by atoms with E-state index in [0.717, 1.165) is 14.2 Å². The van der Waals surface area contributed by atoms with Gasteiger partial charge in [-0.1, -0.05) is 78.9 Å². The van der Waals surface area contributed by atoms with Gasteiger partial charge in [0.05, 0.1) is 76.8 Å². The number of carbonyl (C=O) groups excluding carboxylic acids is 3. The van der Waals surface area contributed by atoms with E-state index in [0.29, 0.717) is 11.3 Å². The highest BCUT2D eigenvalue weighted by Gasteiger charge is 2.47. The third kappa shape index (κ3) is 15.3. The highest BCUT2D eigenvalue weighted by atomic mass is 32.2. The number of alkyl halides is 24. The zero-order chi connectivity index (χ0) is 60.6. The predicted molar refractivity (Wildman–Crippen MR) is 236 cm³/mol. The second-order valence-electron chi connectivity index (χ2n) is 16.9. The van der Waals surface area contributed by atoms with Gasteiger partial charge in [-0.2, -0.15) is 127 Å². The lowest BCUT2D eigenvalue weighted by atomic mass is 9.12. The molecule has 5 aromatic rings. The van der Waals surface area contributed by atoms with Crippen molar-refractivity contribution in [2.24, 2.45) is 0 Å². The molecule has 0 aliphatic carbocycles. The normalized spacial score (nSPS) is 13.1. The van der Waals surface area contributed by atoms with Crippen LogP contribution in [0.4, 0.5) is 105 Å². The van der Waals surface area contributed by atoms with E-state index in [1.807, 2.05) is 12.5 Å². The molecule has 5 nitrogen and oxygen atoms in total. The van der Waals surface area contributed by atoms with Crippen molar-refractivity contribution in [3.05, 3.63) is 164 Å². The number of halogens is 24. The van der Waals surface area contributed by atoms with Crippen molar-refractivity contribution in [3.63, 3.8) is 0 Å². The topological polar surface area (TPSA) is 69.7 Å². The Labute approximate surface area is 431 Å². The largest absolute Gasteiger partial charge is 0.465 e. The number of rotatable bonds is 10. The second kappa shape index (κ2) is 22.7. The maximum atomic E-state index is 14.2. The molecule has 0 aliphatic rings. The van der Waals surface area contributed by atoms with Gasteiger partial charge in [-0.15, -0.1) is 0 Å². The summed E-state index contributed by atoms with van der Waals surface area (Å²) in [5.41, 5.74) is -30.0. The van der Waals surface area contributed by atoms with E-state index in [9.17, 15) is 120 Å². The van der Waals surface area contributed by atoms with Gasteiger partial charge in [0.25, 0.3) is 0 Å². The highest BCUT2D eigenvalue weighted by Crippen LogP contribution is 2.41. The van der Waals surface area contributed by atoms with Gasteiger partial charge < -0.3 is 9.47 Å². The van der Waals surface area contributed by atoms with Crippen molar-refractivity contribution < 1.29 is 129 Å².